The van der Waals surface area contributed by atoms with Gasteiger partial charge in [-0.15, -0.1) is 0 Å². The molecule has 0 N–H and O–H groups in total. The summed E-state index contributed by atoms with van der Waals surface area (Å²) in [6.45, 7) is 0.521. The van der Waals surface area contributed by atoms with E-state index < -0.39 is 6.10 Å². The van der Waals surface area contributed by atoms with Gasteiger partial charge < -0.3 is 23.8 Å². The molecule has 2 atom stereocenters. The molecule has 1 saturated heterocycles. The van der Waals surface area contributed by atoms with E-state index in [9.17, 15) is 4.79 Å². The number of benzene rings is 3. The first kappa shape index (κ1) is 22.8. The number of β-lactam (4-membered cyclic amide) rings is 1. The summed E-state index contributed by atoms with van der Waals surface area (Å²) in [5.41, 5.74) is 1.91. The lowest BCUT2D eigenvalue weighted by atomic mass is 9.89. The van der Waals surface area contributed by atoms with E-state index in [-0.39, 0.29) is 11.9 Å². The van der Waals surface area contributed by atoms with Crippen molar-refractivity contribution in [2.24, 2.45) is 0 Å². The average Bonchev–Trinajstić information content (AvgIpc) is 2.86. The first-order chi connectivity index (χ1) is 16.0. The first-order valence-electron chi connectivity index (χ1n) is 10.6. The van der Waals surface area contributed by atoms with Crippen molar-refractivity contribution < 1.29 is 23.7 Å². The standard InChI is InChI=1S/C26H26ClNO5/c1-30-18-9-11-19(12-10-18)33-25-24(20-6-4-5-7-21(20)27)28(26(25)29)15-14-17-8-13-22(31-2)23(16-17)32-3/h4-13,16,24-25H,14-15H2,1-3H3/t24-,25-/m0/s1. The molecule has 0 saturated carbocycles. The number of rotatable bonds is 9. The molecular formula is C26H26ClNO5. The lowest BCUT2D eigenvalue weighted by molar-refractivity contribution is -0.164. The Morgan fingerprint density at radius 2 is 1.55 bits per heavy atom. The summed E-state index contributed by atoms with van der Waals surface area (Å²) in [7, 11) is 4.82. The van der Waals surface area contributed by atoms with E-state index in [0.717, 1.165) is 16.9 Å². The quantitative estimate of drug-likeness (QED) is 0.417. The van der Waals surface area contributed by atoms with Crippen LogP contribution < -0.4 is 18.9 Å². The van der Waals surface area contributed by atoms with Crippen molar-refractivity contribution in [1.82, 2.24) is 4.90 Å². The Kier molecular flexibility index (Phi) is 6.94. The monoisotopic (exact) mass is 467 g/mol. The van der Waals surface area contributed by atoms with E-state index >= 15 is 0 Å². The molecule has 0 aromatic heterocycles. The molecule has 6 nitrogen and oxygen atoms in total. The highest BCUT2D eigenvalue weighted by Gasteiger charge is 2.50. The summed E-state index contributed by atoms with van der Waals surface area (Å²) in [4.78, 5) is 14.9. The second-order valence-corrected chi connectivity index (χ2v) is 8.06. The topological polar surface area (TPSA) is 57.2 Å². The summed E-state index contributed by atoms with van der Waals surface area (Å²) in [6.07, 6.45) is 0.00571. The minimum Gasteiger partial charge on any atom is -0.497 e. The minimum absolute atomic E-state index is 0.0729. The number of carbonyl (C=O) groups excluding carboxylic acids is 1. The molecule has 3 aromatic rings. The van der Waals surface area contributed by atoms with Crippen molar-refractivity contribution in [1.29, 1.82) is 0 Å². The van der Waals surface area contributed by atoms with E-state index in [2.05, 4.69) is 0 Å². The maximum absolute atomic E-state index is 13.1. The maximum atomic E-state index is 13.1. The fourth-order valence-electron chi connectivity index (χ4n) is 4.01. The molecule has 1 aliphatic rings. The van der Waals surface area contributed by atoms with Crippen molar-refractivity contribution in [3.63, 3.8) is 0 Å². The SMILES string of the molecule is COc1ccc(O[C@@H]2C(=O)N(CCc3ccc(OC)c(OC)c3)[C@H]2c2ccccc2Cl)cc1. The van der Waals surface area contributed by atoms with Crippen molar-refractivity contribution in [2.75, 3.05) is 27.9 Å². The van der Waals surface area contributed by atoms with Gasteiger partial charge in [0.25, 0.3) is 5.91 Å². The van der Waals surface area contributed by atoms with Crippen LogP contribution in [0.5, 0.6) is 23.0 Å². The van der Waals surface area contributed by atoms with Crippen LogP contribution in [-0.2, 0) is 11.2 Å². The van der Waals surface area contributed by atoms with Gasteiger partial charge in [-0.1, -0.05) is 35.9 Å². The minimum atomic E-state index is -0.649. The third kappa shape index (κ3) is 4.71. The van der Waals surface area contributed by atoms with Crippen LogP contribution in [0, 0.1) is 0 Å². The molecule has 0 aliphatic carbocycles. The van der Waals surface area contributed by atoms with Crippen LogP contribution >= 0.6 is 11.6 Å². The highest BCUT2D eigenvalue weighted by Crippen LogP contribution is 2.41. The lowest BCUT2D eigenvalue weighted by Crippen LogP contribution is -2.61. The number of ether oxygens (including phenoxy) is 4. The molecule has 1 fully saturated rings. The number of likely N-dealkylation sites (tertiary alicyclic amines) is 1. The predicted octanol–water partition coefficient (Wildman–Crippen LogP) is 4.94. The molecule has 0 unspecified atom stereocenters. The molecule has 4 rings (SSSR count). The lowest BCUT2D eigenvalue weighted by Gasteiger charge is -2.47. The Balaban J connectivity index is 1.54. The van der Waals surface area contributed by atoms with Gasteiger partial charge >= 0.3 is 0 Å². The number of hydrogen-bond donors (Lipinski definition) is 0. The Bertz CT molecular complexity index is 1120. The van der Waals surface area contributed by atoms with Gasteiger partial charge in [-0.3, -0.25) is 4.79 Å². The molecule has 1 aliphatic heterocycles. The zero-order valence-electron chi connectivity index (χ0n) is 18.8. The van der Waals surface area contributed by atoms with E-state index in [1.165, 1.54) is 0 Å². The van der Waals surface area contributed by atoms with Crippen molar-refractivity contribution >= 4 is 17.5 Å². The number of amides is 1. The molecule has 0 radical (unpaired) electrons. The first-order valence-corrected chi connectivity index (χ1v) is 11.0. The third-order valence-electron chi connectivity index (χ3n) is 5.78. The van der Waals surface area contributed by atoms with Gasteiger partial charge in [-0.05, 0) is 60.0 Å². The number of halogens is 1. The number of nitrogens with zero attached hydrogens (tertiary/aromatic N) is 1. The highest BCUT2D eigenvalue weighted by atomic mass is 35.5. The van der Waals surface area contributed by atoms with Gasteiger partial charge in [0.1, 0.15) is 17.5 Å². The Hall–Kier alpha value is -3.38. The van der Waals surface area contributed by atoms with Crippen molar-refractivity contribution in [3.05, 3.63) is 82.9 Å². The number of carbonyl (C=O) groups is 1. The Morgan fingerprint density at radius 1 is 0.848 bits per heavy atom. The number of methoxy groups -OCH3 is 3. The van der Waals surface area contributed by atoms with Gasteiger partial charge in [0.15, 0.2) is 11.5 Å². The van der Waals surface area contributed by atoms with Crippen LogP contribution in [-0.4, -0.2) is 44.8 Å². The molecule has 33 heavy (non-hydrogen) atoms. The average molecular weight is 468 g/mol. The van der Waals surface area contributed by atoms with Gasteiger partial charge in [-0.25, -0.2) is 0 Å². The second kappa shape index (κ2) is 10.0. The fourth-order valence-corrected chi connectivity index (χ4v) is 4.26. The van der Waals surface area contributed by atoms with Gasteiger partial charge in [0.2, 0.25) is 6.10 Å². The molecule has 7 heteroatoms. The third-order valence-corrected chi connectivity index (χ3v) is 6.13. The summed E-state index contributed by atoms with van der Waals surface area (Å²) in [6, 6.07) is 20.2. The van der Waals surface area contributed by atoms with Crippen LogP contribution in [0.4, 0.5) is 0 Å². The van der Waals surface area contributed by atoms with E-state index in [1.54, 1.807) is 45.6 Å². The van der Waals surface area contributed by atoms with Crippen LogP contribution in [0.1, 0.15) is 17.2 Å². The van der Waals surface area contributed by atoms with Gasteiger partial charge in [0, 0.05) is 11.6 Å². The number of hydrogen-bond acceptors (Lipinski definition) is 5. The van der Waals surface area contributed by atoms with Crippen molar-refractivity contribution in [2.45, 2.75) is 18.6 Å². The molecule has 1 heterocycles. The van der Waals surface area contributed by atoms with Gasteiger partial charge in [0.05, 0.1) is 21.3 Å². The molecular weight excluding hydrogens is 442 g/mol. The summed E-state index contributed by atoms with van der Waals surface area (Å²) in [5.74, 6) is 2.58. The molecule has 0 bridgehead atoms. The normalized spacial score (nSPS) is 17.3. The Labute approximate surface area is 198 Å². The molecule has 172 valence electrons. The molecule has 3 aromatic carbocycles. The van der Waals surface area contributed by atoms with Crippen LogP contribution in [0.15, 0.2) is 66.7 Å². The maximum Gasteiger partial charge on any atom is 0.266 e. The predicted molar refractivity (Wildman–Crippen MR) is 127 cm³/mol. The smallest absolute Gasteiger partial charge is 0.266 e. The van der Waals surface area contributed by atoms with Gasteiger partial charge in [-0.2, -0.15) is 0 Å². The van der Waals surface area contributed by atoms with Crippen LogP contribution in [0.2, 0.25) is 5.02 Å². The summed E-state index contributed by atoms with van der Waals surface area (Å²) in [5, 5.41) is 0.606. The van der Waals surface area contributed by atoms with E-state index in [4.69, 9.17) is 30.5 Å². The Morgan fingerprint density at radius 3 is 2.21 bits per heavy atom. The van der Waals surface area contributed by atoms with Crippen LogP contribution in [0.25, 0.3) is 0 Å². The summed E-state index contributed by atoms with van der Waals surface area (Å²) < 4.78 is 22.0. The summed E-state index contributed by atoms with van der Waals surface area (Å²) >= 11 is 6.50. The molecule has 1 amide bonds. The molecule has 0 spiro atoms. The highest BCUT2D eigenvalue weighted by molar-refractivity contribution is 6.31. The zero-order chi connectivity index (χ0) is 23.4. The van der Waals surface area contributed by atoms with E-state index in [0.29, 0.717) is 35.2 Å². The second-order valence-electron chi connectivity index (χ2n) is 7.65. The zero-order valence-corrected chi connectivity index (χ0v) is 19.5. The largest absolute Gasteiger partial charge is 0.497 e. The fraction of sp³-hybridized carbons (Fsp3) is 0.269. The van der Waals surface area contributed by atoms with E-state index in [1.807, 2.05) is 47.4 Å². The van der Waals surface area contributed by atoms with Crippen LogP contribution in [0.3, 0.4) is 0 Å². The van der Waals surface area contributed by atoms with Crippen molar-refractivity contribution in [3.8, 4) is 23.0 Å².